The number of amides is 2. The van der Waals surface area contributed by atoms with Crippen LogP contribution >= 0.6 is 11.3 Å². The van der Waals surface area contributed by atoms with Crippen molar-refractivity contribution in [3.8, 4) is 0 Å². The van der Waals surface area contributed by atoms with Crippen LogP contribution in [0.1, 0.15) is 29.9 Å². The van der Waals surface area contributed by atoms with E-state index in [1.165, 1.54) is 23.5 Å². The molecule has 2 amide bonds. The van der Waals surface area contributed by atoms with E-state index in [1.807, 2.05) is 35.9 Å². The lowest BCUT2D eigenvalue weighted by molar-refractivity contribution is -0.120. The zero-order valence-electron chi connectivity index (χ0n) is 14.6. The number of fused-ring (bicyclic) bond motifs is 1. The molecule has 0 unspecified atom stereocenters. The van der Waals surface area contributed by atoms with Gasteiger partial charge >= 0.3 is 0 Å². The molecule has 0 radical (unpaired) electrons. The SMILES string of the molecule is CC(C)NC(=O)CNC(=O)c1cc2sccc2n1Cc1cccc(F)c1. The minimum Gasteiger partial charge on any atom is -0.352 e. The second kappa shape index (κ2) is 7.70. The maximum absolute atomic E-state index is 13.5. The van der Waals surface area contributed by atoms with Crippen LogP contribution in [0.3, 0.4) is 0 Å². The molecule has 136 valence electrons. The van der Waals surface area contributed by atoms with Crippen molar-refractivity contribution >= 4 is 33.4 Å². The fraction of sp³-hybridized carbons (Fsp3) is 0.263. The Morgan fingerprint density at radius 2 is 2.04 bits per heavy atom. The van der Waals surface area contributed by atoms with Crippen LogP contribution < -0.4 is 10.6 Å². The summed E-state index contributed by atoms with van der Waals surface area (Å²) in [5, 5.41) is 7.33. The third kappa shape index (κ3) is 4.11. The maximum atomic E-state index is 13.5. The molecular weight excluding hydrogens is 353 g/mol. The summed E-state index contributed by atoms with van der Waals surface area (Å²) >= 11 is 1.53. The number of hydrogen-bond donors (Lipinski definition) is 2. The van der Waals surface area contributed by atoms with Crippen LogP contribution in [0.25, 0.3) is 10.2 Å². The standard InChI is InChI=1S/C19H20FN3O2S/c1-12(2)22-18(24)10-21-19(25)16-9-17-15(6-7-26-17)23(16)11-13-4-3-5-14(20)8-13/h3-9,12H,10-11H2,1-2H3,(H,21,25)(H,22,24). The molecule has 0 saturated carbocycles. The monoisotopic (exact) mass is 373 g/mol. The third-order valence-electron chi connectivity index (χ3n) is 3.84. The lowest BCUT2D eigenvalue weighted by atomic mass is 10.2. The Labute approximate surface area is 154 Å². The Kier molecular flexibility index (Phi) is 5.37. The molecule has 1 aromatic carbocycles. The summed E-state index contributed by atoms with van der Waals surface area (Å²) in [6, 6.07) is 10.1. The molecular formula is C19H20FN3O2S. The molecule has 5 nitrogen and oxygen atoms in total. The van der Waals surface area contributed by atoms with Crippen LogP contribution in [-0.2, 0) is 11.3 Å². The predicted octanol–water partition coefficient (Wildman–Crippen LogP) is 3.14. The van der Waals surface area contributed by atoms with Gasteiger partial charge in [0.25, 0.3) is 5.91 Å². The fourth-order valence-electron chi connectivity index (χ4n) is 2.78. The van der Waals surface area contributed by atoms with Crippen LogP contribution in [0, 0.1) is 5.82 Å². The van der Waals surface area contributed by atoms with Crippen LogP contribution in [-0.4, -0.2) is 29.0 Å². The smallest absolute Gasteiger partial charge is 0.268 e. The highest BCUT2D eigenvalue weighted by molar-refractivity contribution is 7.17. The fourth-order valence-corrected chi connectivity index (χ4v) is 3.60. The van der Waals surface area contributed by atoms with Crippen molar-refractivity contribution in [1.29, 1.82) is 0 Å². The molecule has 0 aliphatic carbocycles. The van der Waals surface area contributed by atoms with Gasteiger partial charge in [-0.25, -0.2) is 4.39 Å². The molecule has 2 aromatic heterocycles. The van der Waals surface area contributed by atoms with Crippen molar-refractivity contribution < 1.29 is 14.0 Å². The van der Waals surface area contributed by atoms with E-state index in [0.717, 1.165) is 15.8 Å². The minimum atomic E-state index is -0.330. The number of thiophene rings is 1. The lowest BCUT2D eigenvalue weighted by Crippen LogP contribution is -2.40. The molecule has 2 N–H and O–H groups in total. The Morgan fingerprint density at radius 1 is 1.23 bits per heavy atom. The second-order valence-corrected chi connectivity index (χ2v) is 7.27. The molecule has 0 aliphatic rings. The quantitative estimate of drug-likeness (QED) is 0.697. The number of nitrogens with zero attached hydrogens (tertiary/aromatic N) is 1. The molecule has 0 bridgehead atoms. The second-order valence-electron chi connectivity index (χ2n) is 6.32. The van der Waals surface area contributed by atoms with E-state index in [-0.39, 0.29) is 30.2 Å². The molecule has 0 fully saturated rings. The molecule has 7 heteroatoms. The molecule has 0 aliphatic heterocycles. The van der Waals surface area contributed by atoms with Gasteiger partial charge in [-0.2, -0.15) is 0 Å². The first-order valence-corrected chi connectivity index (χ1v) is 9.20. The minimum absolute atomic E-state index is 0.0154. The van der Waals surface area contributed by atoms with Gasteiger partial charge in [0, 0.05) is 12.6 Å². The summed E-state index contributed by atoms with van der Waals surface area (Å²) in [5.41, 5.74) is 2.13. The van der Waals surface area contributed by atoms with Crippen molar-refractivity contribution in [1.82, 2.24) is 15.2 Å². The number of benzene rings is 1. The third-order valence-corrected chi connectivity index (χ3v) is 4.70. The highest BCUT2D eigenvalue weighted by Crippen LogP contribution is 2.26. The average Bonchev–Trinajstić information content (AvgIpc) is 3.15. The van der Waals surface area contributed by atoms with Crippen LogP contribution in [0.5, 0.6) is 0 Å². The van der Waals surface area contributed by atoms with E-state index in [0.29, 0.717) is 12.2 Å². The van der Waals surface area contributed by atoms with E-state index in [9.17, 15) is 14.0 Å². The van der Waals surface area contributed by atoms with Crippen molar-refractivity contribution in [3.63, 3.8) is 0 Å². The highest BCUT2D eigenvalue weighted by atomic mass is 32.1. The van der Waals surface area contributed by atoms with Gasteiger partial charge in [-0.15, -0.1) is 11.3 Å². The van der Waals surface area contributed by atoms with Gasteiger partial charge in [-0.1, -0.05) is 12.1 Å². The van der Waals surface area contributed by atoms with E-state index >= 15 is 0 Å². The number of aromatic nitrogens is 1. The molecule has 0 saturated heterocycles. The van der Waals surface area contributed by atoms with Gasteiger partial charge in [0.1, 0.15) is 11.5 Å². The summed E-state index contributed by atoms with van der Waals surface area (Å²) < 4.78 is 16.3. The number of carbonyl (C=O) groups excluding carboxylic acids is 2. The van der Waals surface area contributed by atoms with Crippen molar-refractivity contribution in [2.24, 2.45) is 0 Å². The van der Waals surface area contributed by atoms with Gasteiger partial charge in [0.15, 0.2) is 0 Å². The molecule has 3 rings (SSSR count). The molecule has 3 aromatic rings. The van der Waals surface area contributed by atoms with Gasteiger partial charge in [0.05, 0.1) is 16.8 Å². The summed E-state index contributed by atoms with van der Waals surface area (Å²) in [4.78, 5) is 24.4. The van der Waals surface area contributed by atoms with Gasteiger partial charge in [0.2, 0.25) is 5.91 Å². The Bertz CT molecular complexity index is 945. The Morgan fingerprint density at radius 3 is 2.77 bits per heavy atom. The van der Waals surface area contributed by atoms with E-state index in [1.54, 1.807) is 12.1 Å². The lowest BCUT2D eigenvalue weighted by Gasteiger charge is -2.12. The summed E-state index contributed by atoms with van der Waals surface area (Å²) in [6.07, 6.45) is 0. The topological polar surface area (TPSA) is 63.1 Å². The number of nitrogens with one attached hydrogen (secondary N) is 2. The van der Waals surface area contributed by atoms with E-state index in [4.69, 9.17) is 0 Å². The first kappa shape index (κ1) is 18.1. The van der Waals surface area contributed by atoms with Crippen LogP contribution in [0.4, 0.5) is 4.39 Å². The maximum Gasteiger partial charge on any atom is 0.268 e. The number of rotatable bonds is 6. The first-order chi connectivity index (χ1) is 12.4. The van der Waals surface area contributed by atoms with Gasteiger partial charge in [-0.3, -0.25) is 9.59 Å². The molecule has 26 heavy (non-hydrogen) atoms. The van der Waals surface area contributed by atoms with Crippen molar-refractivity contribution in [2.75, 3.05) is 6.54 Å². The molecule has 0 atom stereocenters. The van der Waals surface area contributed by atoms with Gasteiger partial charge in [-0.05, 0) is 49.1 Å². The van der Waals surface area contributed by atoms with E-state index in [2.05, 4.69) is 10.6 Å². The first-order valence-electron chi connectivity index (χ1n) is 8.33. The van der Waals surface area contributed by atoms with Crippen molar-refractivity contribution in [2.45, 2.75) is 26.4 Å². The molecule has 0 spiro atoms. The number of halogens is 1. The number of hydrogen-bond acceptors (Lipinski definition) is 3. The predicted molar refractivity (Wildman–Crippen MR) is 101 cm³/mol. The number of carbonyl (C=O) groups is 2. The molecule has 2 heterocycles. The van der Waals surface area contributed by atoms with E-state index < -0.39 is 0 Å². The Balaban J connectivity index is 1.82. The zero-order valence-corrected chi connectivity index (χ0v) is 15.4. The van der Waals surface area contributed by atoms with Crippen LogP contribution in [0.2, 0.25) is 0 Å². The summed E-state index contributed by atoms with van der Waals surface area (Å²) in [6.45, 7) is 4.00. The van der Waals surface area contributed by atoms with Crippen molar-refractivity contribution in [3.05, 3.63) is 58.9 Å². The van der Waals surface area contributed by atoms with Gasteiger partial charge < -0.3 is 15.2 Å². The Hall–Kier alpha value is -2.67. The van der Waals surface area contributed by atoms with Crippen LogP contribution in [0.15, 0.2) is 41.8 Å². The highest BCUT2D eigenvalue weighted by Gasteiger charge is 2.17. The summed E-state index contributed by atoms with van der Waals surface area (Å²) in [5.74, 6) is -0.880. The zero-order chi connectivity index (χ0) is 18.7. The normalized spacial score (nSPS) is 11.1. The largest absolute Gasteiger partial charge is 0.352 e. The average molecular weight is 373 g/mol. The summed E-state index contributed by atoms with van der Waals surface area (Å²) in [7, 11) is 0.